The largest absolute Gasteiger partial charge is 0.508 e. The van der Waals surface area contributed by atoms with Gasteiger partial charge >= 0.3 is 0 Å². The summed E-state index contributed by atoms with van der Waals surface area (Å²) in [5.74, 6) is -0.140. The average Bonchev–Trinajstić information content (AvgIpc) is 2.28. The monoisotopic (exact) mass is 263 g/mol. The van der Waals surface area contributed by atoms with Crippen molar-refractivity contribution in [3.63, 3.8) is 0 Å². The van der Waals surface area contributed by atoms with Gasteiger partial charge in [-0.05, 0) is 29.8 Å². The molecule has 0 aliphatic heterocycles. The highest BCUT2D eigenvalue weighted by molar-refractivity contribution is 7.90. The van der Waals surface area contributed by atoms with E-state index in [4.69, 9.17) is 5.73 Å². The molecule has 0 radical (unpaired) electrons. The van der Waals surface area contributed by atoms with Gasteiger partial charge in [-0.2, -0.15) is 0 Å². The third kappa shape index (κ3) is 2.62. The van der Waals surface area contributed by atoms with Gasteiger partial charge in [0, 0.05) is 0 Å². The van der Waals surface area contributed by atoms with Gasteiger partial charge in [0.05, 0.1) is 16.3 Å². The molecule has 0 aromatic heterocycles. The van der Waals surface area contributed by atoms with E-state index in [0.29, 0.717) is 5.56 Å². The number of benzene rings is 2. The molecule has 2 aromatic rings. The van der Waals surface area contributed by atoms with Gasteiger partial charge in [-0.1, -0.05) is 24.3 Å². The van der Waals surface area contributed by atoms with Crippen molar-refractivity contribution < 1.29 is 13.5 Å². The highest BCUT2D eigenvalue weighted by Gasteiger charge is 2.17. The van der Waals surface area contributed by atoms with Crippen molar-refractivity contribution >= 4 is 15.5 Å². The smallest absolute Gasteiger partial charge is 0.184 e. The summed E-state index contributed by atoms with van der Waals surface area (Å²) in [5, 5.41) is 9.32. The topological polar surface area (TPSA) is 80.4 Å². The number of anilines is 1. The first-order valence-corrected chi connectivity index (χ1v) is 6.99. The Morgan fingerprint density at radius 2 is 1.78 bits per heavy atom. The Morgan fingerprint density at radius 3 is 2.44 bits per heavy atom. The molecule has 0 aliphatic rings. The molecule has 0 fully saturated rings. The number of nitrogens with two attached hydrogens (primary N) is 1. The zero-order chi connectivity index (χ0) is 13.2. The number of phenolic OH excluding ortho intramolecular Hbond substituents is 1. The van der Waals surface area contributed by atoms with Crippen LogP contribution >= 0.6 is 0 Å². The molecule has 0 atom stereocenters. The summed E-state index contributed by atoms with van der Waals surface area (Å²) >= 11 is 0. The second-order valence-electron chi connectivity index (χ2n) is 3.97. The summed E-state index contributed by atoms with van der Waals surface area (Å²) < 4.78 is 24.3. The van der Waals surface area contributed by atoms with Crippen molar-refractivity contribution in [2.24, 2.45) is 0 Å². The number of hydrogen-bond acceptors (Lipinski definition) is 4. The van der Waals surface area contributed by atoms with Crippen LogP contribution in [0.3, 0.4) is 0 Å². The summed E-state index contributed by atoms with van der Waals surface area (Å²) in [6.45, 7) is 0. The van der Waals surface area contributed by atoms with Gasteiger partial charge in [0.25, 0.3) is 0 Å². The predicted molar refractivity (Wildman–Crippen MR) is 69.9 cm³/mol. The van der Waals surface area contributed by atoms with Gasteiger partial charge < -0.3 is 10.8 Å². The van der Waals surface area contributed by atoms with Gasteiger partial charge in [0.1, 0.15) is 5.75 Å². The van der Waals surface area contributed by atoms with Crippen LogP contribution in [0.5, 0.6) is 5.75 Å². The van der Waals surface area contributed by atoms with E-state index in [2.05, 4.69) is 0 Å². The molecule has 2 rings (SSSR count). The Bertz CT molecular complexity index is 665. The maximum atomic E-state index is 12.2. The molecular formula is C13H13NO3S. The van der Waals surface area contributed by atoms with E-state index in [1.165, 1.54) is 18.2 Å². The van der Waals surface area contributed by atoms with Crippen LogP contribution in [0.25, 0.3) is 0 Å². The highest BCUT2D eigenvalue weighted by Crippen LogP contribution is 2.23. The van der Waals surface area contributed by atoms with Crippen LogP contribution in [0, 0.1) is 0 Å². The third-order valence-corrected chi connectivity index (χ3v) is 4.28. The highest BCUT2D eigenvalue weighted by atomic mass is 32.2. The lowest BCUT2D eigenvalue weighted by atomic mass is 10.2. The van der Waals surface area contributed by atoms with Crippen LogP contribution in [0.2, 0.25) is 0 Å². The lowest BCUT2D eigenvalue weighted by Crippen LogP contribution is -2.07. The number of phenols is 1. The van der Waals surface area contributed by atoms with Crippen LogP contribution in [-0.2, 0) is 15.6 Å². The summed E-state index contributed by atoms with van der Waals surface area (Å²) in [6.07, 6.45) is 0. The number of aromatic hydroxyl groups is 1. The minimum Gasteiger partial charge on any atom is -0.508 e. The second kappa shape index (κ2) is 4.70. The molecule has 0 amide bonds. The van der Waals surface area contributed by atoms with E-state index in [1.807, 2.05) is 0 Å². The first kappa shape index (κ1) is 12.4. The summed E-state index contributed by atoms with van der Waals surface area (Å²) in [5.41, 5.74) is 6.42. The van der Waals surface area contributed by atoms with Crippen LogP contribution in [0.15, 0.2) is 53.4 Å². The normalized spacial score (nSPS) is 11.3. The van der Waals surface area contributed by atoms with E-state index in [-0.39, 0.29) is 22.1 Å². The fourth-order valence-corrected chi connectivity index (χ4v) is 3.19. The molecule has 0 unspecified atom stereocenters. The summed E-state index contributed by atoms with van der Waals surface area (Å²) in [4.78, 5) is 0.119. The SMILES string of the molecule is Nc1ccccc1S(=O)(=O)Cc1cccc(O)c1. The van der Waals surface area contributed by atoms with Gasteiger partial charge in [-0.3, -0.25) is 0 Å². The third-order valence-electron chi connectivity index (χ3n) is 2.52. The Hall–Kier alpha value is -2.01. The zero-order valence-corrected chi connectivity index (χ0v) is 10.4. The maximum Gasteiger partial charge on any atom is 0.184 e. The molecule has 0 spiro atoms. The molecule has 0 bridgehead atoms. The minimum absolute atomic E-state index is 0.0451. The van der Waals surface area contributed by atoms with Crippen molar-refractivity contribution in [2.45, 2.75) is 10.6 Å². The van der Waals surface area contributed by atoms with Gasteiger partial charge in [-0.15, -0.1) is 0 Å². The van der Waals surface area contributed by atoms with Gasteiger partial charge in [0.2, 0.25) is 0 Å². The second-order valence-corrected chi connectivity index (χ2v) is 5.92. The Labute approximate surface area is 106 Å². The number of para-hydroxylation sites is 1. The Kier molecular flexibility index (Phi) is 3.25. The molecule has 5 heteroatoms. The van der Waals surface area contributed by atoms with E-state index in [0.717, 1.165) is 0 Å². The summed E-state index contributed by atoms with van der Waals surface area (Å²) in [7, 11) is -3.50. The van der Waals surface area contributed by atoms with Gasteiger partial charge in [-0.25, -0.2) is 8.42 Å². The average molecular weight is 263 g/mol. The zero-order valence-electron chi connectivity index (χ0n) is 9.58. The van der Waals surface area contributed by atoms with Crippen molar-refractivity contribution in [3.05, 3.63) is 54.1 Å². The predicted octanol–water partition coefficient (Wildman–Crippen LogP) is 1.95. The molecule has 3 N–H and O–H groups in total. The van der Waals surface area contributed by atoms with Crippen LogP contribution in [0.1, 0.15) is 5.56 Å². The van der Waals surface area contributed by atoms with Crippen LogP contribution in [-0.4, -0.2) is 13.5 Å². The molecule has 0 saturated heterocycles. The van der Waals surface area contributed by atoms with Crippen molar-refractivity contribution in [3.8, 4) is 5.75 Å². The molecule has 0 heterocycles. The molecule has 0 saturated carbocycles. The quantitative estimate of drug-likeness (QED) is 0.829. The molecule has 4 nitrogen and oxygen atoms in total. The standard InChI is InChI=1S/C13H13NO3S/c14-12-6-1-2-7-13(12)18(16,17)9-10-4-3-5-11(15)8-10/h1-8,15H,9,14H2. The minimum atomic E-state index is -3.50. The first-order chi connectivity index (χ1) is 8.49. The number of nitrogen functional groups attached to an aromatic ring is 1. The van der Waals surface area contributed by atoms with Crippen molar-refractivity contribution in [2.75, 3.05) is 5.73 Å². The van der Waals surface area contributed by atoms with E-state index in [9.17, 15) is 13.5 Å². The van der Waals surface area contributed by atoms with E-state index >= 15 is 0 Å². The van der Waals surface area contributed by atoms with Gasteiger partial charge in [0.15, 0.2) is 9.84 Å². The van der Waals surface area contributed by atoms with E-state index < -0.39 is 9.84 Å². The van der Waals surface area contributed by atoms with Crippen LogP contribution in [0.4, 0.5) is 5.69 Å². The fourth-order valence-electron chi connectivity index (χ4n) is 1.71. The summed E-state index contributed by atoms with van der Waals surface area (Å²) in [6, 6.07) is 12.5. The number of hydrogen-bond donors (Lipinski definition) is 2. The van der Waals surface area contributed by atoms with Crippen LogP contribution < -0.4 is 5.73 Å². The lowest BCUT2D eigenvalue weighted by Gasteiger charge is -2.07. The maximum absolute atomic E-state index is 12.2. The van der Waals surface area contributed by atoms with Crippen molar-refractivity contribution in [1.29, 1.82) is 0 Å². The first-order valence-electron chi connectivity index (χ1n) is 5.34. The Balaban J connectivity index is 2.37. The number of rotatable bonds is 3. The Morgan fingerprint density at radius 1 is 1.06 bits per heavy atom. The molecule has 18 heavy (non-hydrogen) atoms. The molecular weight excluding hydrogens is 250 g/mol. The van der Waals surface area contributed by atoms with Crippen molar-refractivity contribution in [1.82, 2.24) is 0 Å². The fraction of sp³-hybridized carbons (Fsp3) is 0.0769. The van der Waals surface area contributed by atoms with E-state index in [1.54, 1.807) is 30.3 Å². The molecule has 0 aliphatic carbocycles. The lowest BCUT2D eigenvalue weighted by molar-refractivity contribution is 0.475. The molecule has 94 valence electrons. The molecule has 2 aromatic carbocycles. The number of sulfone groups is 1.